The molecular formula is C18H21N3O3. The molecule has 1 N–H and O–H groups in total. The van der Waals surface area contributed by atoms with Crippen molar-refractivity contribution in [2.24, 2.45) is 0 Å². The molecule has 6 heteroatoms. The Balaban J connectivity index is 1.66. The van der Waals surface area contributed by atoms with E-state index in [4.69, 9.17) is 4.74 Å². The molecule has 2 aromatic rings. The van der Waals surface area contributed by atoms with E-state index in [1.54, 1.807) is 17.0 Å². The fraction of sp³-hybridized carbons (Fsp3) is 0.389. The first-order chi connectivity index (χ1) is 11.6. The number of nitrogens with zero attached hydrogens (tertiary/aromatic N) is 2. The highest BCUT2D eigenvalue weighted by molar-refractivity contribution is 5.96. The predicted octanol–water partition coefficient (Wildman–Crippen LogP) is 1.76. The lowest BCUT2D eigenvalue weighted by atomic mass is 10.0. The Morgan fingerprint density at radius 2 is 2.12 bits per heavy atom. The molecule has 1 aromatic carbocycles. The van der Waals surface area contributed by atoms with Crippen molar-refractivity contribution >= 4 is 11.7 Å². The lowest BCUT2D eigenvalue weighted by Gasteiger charge is -2.35. The molecule has 1 saturated heterocycles. The number of rotatable bonds is 5. The second-order valence-corrected chi connectivity index (χ2v) is 6.03. The van der Waals surface area contributed by atoms with Crippen LogP contribution in [-0.2, 0) is 16.0 Å². The van der Waals surface area contributed by atoms with Gasteiger partial charge >= 0.3 is 0 Å². The Kier molecular flexibility index (Phi) is 5.05. The van der Waals surface area contributed by atoms with Crippen LogP contribution in [0.1, 0.15) is 28.2 Å². The summed E-state index contributed by atoms with van der Waals surface area (Å²) in [6, 6.07) is 10.8. The van der Waals surface area contributed by atoms with Gasteiger partial charge in [-0.05, 0) is 13.0 Å². The maximum atomic E-state index is 12.6. The first kappa shape index (κ1) is 16.4. The van der Waals surface area contributed by atoms with Gasteiger partial charge in [-0.15, -0.1) is 0 Å². The first-order valence-corrected chi connectivity index (χ1v) is 8.10. The molecule has 1 aliphatic heterocycles. The van der Waals surface area contributed by atoms with Crippen LogP contribution in [0.25, 0.3) is 0 Å². The highest BCUT2D eigenvalue weighted by Crippen LogP contribution is 2.16. The number of hydrogen-bond acceptors (Lipinski definition) is 4. The minimum Gasteiger partial charge on any atom is -0.377 e. The summed E-state index contributed by atoms with van der Waals surface area (Å²) in [7, 11) is 0. The molecule has 126 valence electrons. The van der Waals surface area contributed by atoms with E-state index in [0.29, 0.717) is 25.3 Å². The molecule has 24 heavy (non-hydrogen) atoms. The number of aromatic amines is 1. The monoisotopic (exact) mass is 327 g/mol. The lowest BCUT2D eigenvalue weighted by Crippen LogP contribution is -2.50. The molecule has 1 fully saturated rings. The fourth-order valence-corrected chi connectivity index (χ4v) is 2.93. The second kappa shape index (κ2) is 7.40. The summed E-state index contributed by atoms with van der Waals surface area (Å²) in [5, 5.41) is 6.96. The third-order valence-corrected chi connectivity index (χ3v) is 4.16. The number of Topliss-reactive ketones (excluding diaryl/α,β-unsaturated/α-hetero) is 1. The van der Waals surface area contributed by atoms with Crippen molar-refractivity contribution in [3.05, 3.63) is 53.3 Å². The molecule has 1 amide bonds. The van der Waals surface area contributed by atoms with Gasteiger partial charge in [0, 0.05) is 24.2 Å². The first-order valence-electron chi connectivity index (χ1n) is 8.10. The Hall–Kier alpha value is -2.47. The number of hydrogen-bond donors (Lipinski definition) is 1. The number of carbonyl (C=O) groups excluding carboxylic acids is 2. The van der Waals surface area contributed by atoms with E-state index in [0.717, 1.165) is 11.4 Å². The molecule has 6 nitrogen and oxygen atoms in total. The average molecular weight is 327 g/mol. The third kappa shape index (κ3) is 3.89. The van der Waals surface area contributed by atoms with Crippen LogP contribution in [-0.4, -0.2) is 52.6 Å². The zero-order valence-corrected chi connectivity index (χ0v) is 13.7. The largest absolute Gasteiger partial charge is 0.377 e. The van der Waals surface area contributed by atoms with Gasteiger partial charge in [-0.1, -0.05) is 30.3 Å². The zero-order valence-electron chi connectivity index (χ0n) is 13.7. The Morgan fingerprint density at radius 3 is 2.83 bits per heavy atom. The van der Waals surface area contributed by atoms with Crippen LogP contribution in [0, 0.1) is 6.92 Å². The van der Waals surface area contributed by atoms with Crippen molar-refractivity contribution in [2.45, 2.75) is 25.8 Å². The van der Waals surface area contributed by atoms with Crippen LogP contribution in [0.4, 0.5) is 0 Å². The molecule has 3 rings (SSSR count). The van der Waals surface area contributed by atoms with E-state index in [1.807, 2.05) is 31.2 Å². The van der Waals surface area contributed by atoms with Crippen molar-refractivity contribution in [3.8, 4) is 0 Å². The number of ketones is 1. The molecule has 1 atom stereocenters. The Morgan fingerprint density at radius 1 is 1.33 bits per heavy atom. The van der Waals surface area contributed by atoms with Gasteiger partial charge in [-0.25, -0.2) is 0 Å². The van der Waals surface area contributed by atoms with Crippen molar-refractivity contribution in [3.63, 3.8) is 0 Å². The molecule has 0 bridgehead atoms. The number of H-pyrrole nitrogens is 1. The maximum absolute atomic E-state index is 12.6. The zero-order chi connectivity index (χ0) is 16.9. The molecule has 0 radical (unpaired) electrons. The summed E-state index contributed by atoms with van der Waals surface area (Å²) in [5.41, 5.74) is 2.31. The third-order valence-electron chi connectivity index (χ3n) is 4.16. The van der Waals surface area contributed by atoms with Gasteiger partial charge in [0.2, 0.25) is 5.91 Å². The molecule has 0 spiro atoms. The second-order valence-electron chi connectivity index (χ2n) is 6.03. The summed E-state index contributed by atoms with van der Waals surface area (Å²) < 4.78 is 5.49. The smallest absolute Gasteiger partial charge is 0.229 e. The predicted molar refractivity (Wildman–Crippen MR) is 88.7 cm³/mol. The van der Waals surface area contributed by atoms with Gasteiger partial charge < -0.3 is 9.64 Å². The van der Waals surface area contributed by atoms with Gasteiger partial charge in [-0.2, -0.15) is 5.10 Å². The number of ether oxygens (including phenoxy) is 1. The number of morpholine rings is 1. The van der Waals surface area contributed by atoms with Gasteiger partial charge in [0.25, 0.3) is 0 Å². The standard InChI is InChI=1S/C18H21N3O3/c1-13-9-15(20-19-13)10-18(23)21-7-8-24-12-16(21)11-17(22)14-5-3-2-4-6-14/h2-6,9,16H,7-8,10-12H2,1H3,(H,19,20)/t16-/m1/s1. The van der Waals surface area contributed by atoms with Gasteiger partial charge in [0.05, 0.1) is 31.4 Å². The highest BCUT2D eigenvalue weighted by Gasteiger charge is 2.29. The van der Waals surface area contributed by atoms with E-state index in [2.05, 4.69) is 10.2 Å². The highest BCUT2D eigenvalue weighted by atomic mass is 16.5. The topological polar surface area (TPSA) is 75.3 Å². The molecule has 1 aromatic heterocycles. The van der Waals surface area contributed by atoms with Crippen molar-refractivity contribution in [1.82, 2.24) is 15.1 Å². The SMILES string of the molecule is Cc1cc(CC(=O)N2CCOC[C@H]2CC(=O)c2ccccc2)n[nH]1. The fourth-order valence-electron chi connectivity index (χ4n) is 2.93. The summed E-state index contributed by atoms with van der Waals surface area (Å²) >= 11 is 0. The summed E-state index contributed by atoms with van der Waals surface area (Å²) in [6.07, 6.45) is 0.510. The van der Waals surface area contributed by atoms with E-state index in [1.165, 1.54) is 0 Å². The Labute approximate surface area is 140 Å². The van der Waals surface area contributed by atoms with Crippen LogP contribution >= 0.6 is 0 Å². The normalized spacial score (nSPS) is 17.7. The Bertz CT molecular complexity index is 711. The van der Waals surface area contributed by atoms with Crippen LogP contribution in [0.15, 0.2) is 36.4 Å². The number of carbonyl (C=O) groups is 2. The molecule has 1 aliphatic rings. The van der Waals surface area contributed by atoms with Crippen molar-refractivity contribution < 1.29 is 14.3 Å². The summed E-state index contributed by atoms with van der Waals surface area (Å²) in [4.78, 5) is 26.8. The number of aryl methyl sites for hydroxylation is 1. The number of amides is 1. The molecule has 2 heterocycles. The minimum absolute atomic E-state index is 0.0179. The number of benzene rings is 1. The molecular weight excluding hydrogens is 306 g/mol. The number of aromatic nitrogens is 2. The van der Waals surface area contributed by atoms with Crippen molar-refractivity contribution in [2.75, 3.05) is 19.8 Å². The minimum atomic E-state index is -0.223. The van der Waals surface area contributed by atoms with E-state index >= 15 is 0 Å². The van der Waals surface area contributed by atoms with Crippen LogP contribution in [0.5, 0.6) is 0 Å². The quantitative estimate of drug-likeness (QED) is 0.849. The number of nitrogens with one attached hydrogen (secondary N) is 1. The summed E-state index contributed by atoms with van der Waals surface area (Å²) in [5.74, 6) is 0.00942. The molecule has 0 saturated carbocycles. The van der Waals surface area contributed by atoms with Gasteiger partial charge in [0.1, 0.15) is 0 Å². The van der Waals surface area contributed by atoms with Crippen LogP contribution in [0.2, 0.25) is 0 Å². The van der Waals surface area contributed by atoms with Crippen LogP contribution in [0.3, 0.4) is 0 Å². The van der Waals surface area contributed by atoms with Crippen LogP contribution < -0.4 is 0 Å². The molecule has 0 unspecified atom stereocenters. The van der Waals surface area contributed by atoms with E-state index in [-0.39, 0.29) is 30.6 Å². The van der Waals surface area contributed by atoms with E-state index < -0.39 is 0 Å². The molecule has 0 aliphatic carbocycles. The van der Waals surface area contributed by atoms with Gasteiger partial charge in [-0.3, -0.25) is 14.7 Å². The average Bonchev–Trinajstić information content (AvgIpc) is 3.01. The lowest BCUT2D eigenvalue weighted by molar-refractivity contribution is -0.139. The van der Waals surface area contributed by atoms with E-state index in [9.17, 15) is 9.59 Å². The maximum Gasteiger partial charge on any atom is 0.229 e. The van der Waals surface area contributed by atoms with Gasteiger partial charge in [0.15, 0.2) is 5.78 Å². The van der Waals surface area contributed by atoms with Crippen molar-refractivity contribution in [1.29, 1.82) is 0 Å². The summed E-state index contributed by atoms with van der Waals surface area (Å²) in [6.45, 7) is 3.30.